The van der Waals surface area contributed by atoms with Crippen LogP contribution in [0.2, 0.25) is 0 Å². The lowest BCUT2D eigenvalue weighted by molar-refractivity contribution is -0.0227. The van der Waals surface area contributed by atoms with E-state index < -0.39 is 15.6 Å². The molecule has 0 bridgehead atoms. The number of nitrogens with one attached hydrogen (secondary N) is 1. The predicted octanol–water partition coefficient (Wildman–Crippen LogP) is 4.07. The molecule has 1 unspecified atom stereocenters. The SMILES string of the molecule is CCN1C(=O)c2cccc3c(S(=O)(=O)NCCN4CCN(C(=O)OC(C)(C)C)C(C(C)(C)C)C4)ccc1c23. The van der Waals surface area contributed by atoms with Crippen LogP contribution in [0.25, 0.3) is 10.8 Å². The minimum absolute atomic E-state index is 0.0710. The Hall–Kier alpha value is -2.69. The molecule has 4 rings (SSSR count). The molecule has 2 aromatic rings. The summed E-state index contributed by atoms with van der Waals surface area (Å²) in [5.74, 6) is -0.102. The second-order valence-electron chi connectivity index (χ2n) is 12.1. The Morgan fingerprint density at radius 3 is 2.42 bits per heavy atom. The van der Waals surface area contributed by atoms with Crippen LogP contribution in [0.3, 0.4) is 0 Å². The zero-order chi connectivity index (χ0) is 28.0. The molecule has 10 heteroatoms. The Morgan fingerprint density at radius 2 is 1.79 bits per heavy atom. The number of amides is 2. The van der Waals surface area contributed by atoms with E-state index in [9.17, 15) is 18.0 Å². The van der Waals surface area contributed by atoms with Crippen molar-refractivity contribution in [3.8, 4) is 0 Å². The summed E-state index contributed by atoms with van der Waals surface area (Å²) in [6.45, 7) is 16.8. The number of carbonyl (C=O) groups excluding carboxylic acids is 2. The maximum absolute atomic E-state index is 13.4. The molecule has 2 amide bonds. The molecule has 9 nitrogen and oxygen atoms in total. The van der Waals surface area contributed by atoms with Gasteiger partial charge in [-0.1, -0.05) is 32.9 Å². The van der Waals surface area contributed by atoms with Crippen LogP contribution in [0, 0.1) is 5.41 Å². The zero-order valence-corrected chi connectivity index (χ0v) is 24.3. The molecule has 1 N–H and O–H groups in total. The van der Waals surface area contributed by atoms with Crippen molar-refractivity contribution in [1.29, 1.82) is 0 Å². The van der Waals surface area contributed by atoms with Crippen LogP contribution in [0.15, 0.2) is 35.2 Å². The fourth-order valence-corrected chi connectivity index (χ4v) is 6.53. The Balaban J connectivity index is 1.46. The monoisotopic (exact) mass is 544 g/mol. The molecule has 0 radical (unpaired) electrons. The van der Waals surface area contributed by atoms with Crippen LogP contribution in [-0.4, -0.2) is 81.1 Å². The van der Waals surface area contributed by atoms with Crippen molar-refractivity contribution in [3.05, 3.63) is 35.9 Å². The Kier molecular flexibility index (Phi) is 7.55. The second-order valence-corrected chi connectivity index (χ2v) is 13.8. The van der Waals surface area contributed by atoms with Crippen LogP contribution < -0.4 is 9.62 Å². The smallest absolute Gasteiger partial charge is 0.410 e. The van der Waals surface area contributed by atoms with Gasteiger partial charge in [0.25, 0.3) is 5.91 Å². The first-order chi connectivity index (χ1) is 17.6. The van der Waals surface area contributed by atoms with Crippen LogP contribution >= 0.6 is 0 Å². The molecule has 1 atom stereocenters. The van der Waals surface area contributed by atoms with Crippen molar-refractivity contribution < 1.29 is 22.7 Å². The minimum Gasteiger partial charge on any atom is -0.444 e. The highest BCUT2D eigenvalue weighted by Crippen LogP contribution is 2.40. The van der Waals surface area contributed by atoms with Crippen molar-refractivity contribution >= 4 is 38.5 Å². The lowest BCUT2D eigenvalue weighted by Gasteiger charge is -2.47. The molecule has 38 heavy (non-hydrogen) atoms. The number of benzene rings is 2. The number of carbonyl (C=O) groups is 2. The van der Waals surface area contributed by atoms with Crippen molar-refractivity contribution in [1.82, 2.24) is 14.5 Å². The third-order valence-electron chi connectivity index (χ3n) is 7.16. The van der Waals surface area contributed by atoms with Crippen LogP contribution in [0.5, 0.6) is 0 Å². The zero-order valence-electron chi connectivity index (χ0n) is 23.5. The maximum Gasteiger partial charge on any atom is 0.410 e. The highest BCUT2D eigenvalue weighted by Gasteiger charge is 2.39. The molecule has 2 aliphatic heterocycles. The molecule has 2 aromatic carbocycles. The molecular formula is C28H40N4O5S. The van der Waals surface area contributed by atoms with E-state index in [0.29, 0.717) is 49.1 Å². The summed E-state index contributed by atoms with van der Waals surface area (Å²) in [4.78, 5) is 31.5. The molecule has 0 aromatic heterocycles. The van der Waals surface area contributed by atoms with Crippen molar-refractivity contribution in [3.63, 3.8) is 0 Å². The van der Waals surface area contributed by atoms with Crippen LogP contribution in [0.1, 0.15) is 58.8 Å². The van der Waals surface area contributed by atoms with Gasteiger partial charge in [0.15, 0.2) is 0 Å². The molecule has 0 spiro atoms. The van der Waals surface area contributed by atoms with E-state index >= 15 is 0 Å². The summed E-state index contributed by atoms with van der Waals surface area (Å²) >= 11 is 0. The average Bonchev–Trinajstić information content (AvgIpc) is 3.09. The molecule has 1 fully saturated rings. The van der Waals surface area contributed by atoms with Gasteiger partial charge < -0.3 is 14.5 Å². The van der Waals surface area contributed by atoms with E-state index in [0.717, 1.165) is 5.69 Å². The fraction of sp³-hybridized carbons (Fsp3) is 0.571. The normalized spacial score (nSPS) is 18.9. The van der Waals surface area contributed by atoms with Crippen molar-refractivity contribution in [2.75, 3.05) is 44.2 Å². The summed E-state index contributed by atoms with van der Waals surface area (Å²) in [7, 11) is -3.81. The lowest BCUT2D eigenvalue weighted by Crippen LogP contribution is -2.60. The third kappa shape index (κ3) is 5.53. The Bertz CT molecular complexity index is 1340. The van der Waals surface area contributed by atoms with Gasteiger partial charge in [0.1, 0.15) is 5.60 Å². The predicted molar refractivity (Wildman–Crippen MR) is 149 cm³/mol. The quantitative estimate of drug-likeness (QED) is 0.589. The number of hydrogen-bond donors (Lipinski definition) is 1. The van der Waals surface area contributed by atoms with Gasteiger partial charge in [0, 0.05) is 55.6 Å². The summed E-state index contributed by atoms with van der Waals surface area (Å²) in [6.07, 6.45) is -0.315. The summed E-state index contributed by atoms with van der Waals surface area (Å²) in [6, 6.07) is 8.47. The highest BCUT2D eigenvalue weighted by atomic mass is 32.2. The maximum atomic E-state index is 13.4. The van der Waals surface area contributed by atoms with E-state index in [2.05, 4.69) is 30.4 Å². The van der Waals surface area contributed by atoms with E-state index in [1.54, 1.807) is 40.1 Å². The van der Waals surface area contributed by atoms with Crippen LogP contribution in [-0.2, 0) is 14.8 Å². The van der Waals surface area contributed by atoms with Crippen molar-refractivity contribution in [2.24, 2.45) is 5.41 Å². The minimum atomic E-state index is -3.81. The molecule has 1 saturated heterocycles. The Labute approximate surface area is 226 Å². The standard InChI is InChI=1S/C28H40N4O5S/c1-8-31-21-12-13-22(19-10-9-11-20(24(19)21)25(31)33)38(35,36)29-14-15-30-16-17-32(23(18-30)27(2,3)4)26(34)37-28(5,6)7/h9-13,23,29H,8,14-18H2,1-7H3. The van der Waals surface area contributed by atoms with Gasteiger partial charge in [-0.2, -0.15) is 0 Å². The number of ether oxygens (including phenoxy) is 1. The Morgan fingerprint density at radius 1 is 1.08 bits per heavy atom. The second kappa shape index (κ2) is 10.1. The van der Waals surface area contributed by atoms with E-state index in [1.165, 1.54) is 0 Å². The van der Waals surface area contributed by atoms with Gasteiger partial charge in [-0.05, 0) is 51.3 Å². The summed E-state index contributed by atoms with van der Waals surface area (Å²) in [5, 5.41) is 1.24. The van der Waals surface area contributed by atoms with Gasteiger partial charge in [-0.25, -0.2) is 17.9 Å². The first-order valence-electron chi connectivity index (χ1n) is 13.2. The number of anilines is 1. The number of hydrogen-bond acceptors (Lipinski definition) is 6. The lowest BCUT2D eigenvalue weighted by atomic mass is 9.84. The van der Waals surface area contributed by atoms with Crippen LogP contribution in [0.4, 0.5) is 10.5 Å². The molecule has 0 saturated carbocycles. The topological polar surface area (TPSA) is 99.3 Å². The van der Waals surface area contributed by atoms with E-state index in [1.807, 2.05) is 27.7 Å². The summed E-state index contributed by atoms with van der Waals surface area (Å²) in [5.41, 5.74) is 0.536. The van der Waals surface area contributed by atoms with E-state index in [4.69, 9.17) is 4.74 Å². The summed E-state index contributed by atoms with van der Waals surface area (Å²) < 4.78 is 35.1. The molecule has 2 heterocycles. The van der Waals surface area contributed by atoms with Gasteiger partial charge in [0.2, 0.25) is 10.0 Å². The number of sulfonamides is 1. The third-order valence-corrected chi connectivity index (χ3v) is 8.68. The first-order valence-corrected chi connectivity index (χ1v) is 14.7. The van der Waals surface area contributed by atoms with Gasteiger partial charge >= 0.3 is 6.09 Å². The largest absolute Gasteiger partial charge is 0.444 e. The fourth-order valence-electron chi connectivity index (χ4n) is 5.31. The highest BCUT2D eigenvalue weighted by molar-refractivity contribution is 7.89. The van der Waals surface area contributed by atoms with Gasteiger partial charge in [0.05, 0.1) is 16.6 Å². The molecular weight excluding hydrogens is 504 g/mol. The van der Waals surface area contributed by atoms with Gasteiger partial charge in [-0.3, -0.25) is 9.69 Å². The molecule has 2 aliphatic rings. The van der Waals surface area contributed by atoms with E-state index in [-0.39, 0.29) is 34.9 Å². The number of nitrogens with zero attached hydrogens (tertiary/aromatic N) is 3. The number of rotatable bonds is 6. The average molecular weight is 545 g/mol. The van der Waals surface area contributed by atoms with Crippen molar-refractivity contribution in [2.45, 2.75) is 65.0 Å². The van der Waals surface area contributed by atoms with Gasteiger partial charge in [-0.15, -0.1) is 0 Å². The molecule has 208 valence electrons. The molecule has 0 aliphatic carbocycles. The first kappa shape index (κ1) is 28.3. The number of piperazine rings is 1.